The van der Waals surface area contributed by atoms with E-state index in [0.717, 1.165) is 61.6 Å². The summed E-state index contributed by atoms with van der Waals surface area (Å²) in [5.74, 6) is 0.913. The van der Waals surface area contributed by atoms with E-state index in [1.807, 2.05) is 57.8 Å². The molecule has 2 aromatic carbocycles. The molecule has 8 nitrogen and oxygen atoms in total. The SMILES string of the molecule is CCOc1ccccc1N1CCN(C(=O)c2cn(CC(=O)N3CCN(C)CC3)c3cc(Cl)ccc23)CC1. The third kappa shape index (κ3) is 5.40. The van der Waals surface area contributed by atoms with E-state index in [4.69, 9.17) is 16.3 Å². The molecule has 0 spiro atoms. The van der Waals surface area contributed by atoms with Crippen LogP contribution in [0.3, 0.4) is 0 Å². The van der Waals surface area contributed by atoms with Gasteiger partial charge in [-0.1, -0.05) is 29.8 Å². The monoisotopic (exact) mass is 523 g/mol. The number of halogens is 1. The van der Waals surface area contributed by atoms with Crippen LogP contribution in [-0.2, 0) is 11.3 Å². The Balaban J connectivity index is 1.33. The number of nitrogens with zero attached hydrogens (tertiary/aromatic N) is 5. The number of piperazine rings is 2. The zero-order chi connectivity index (χ0) is 25.9. The van der Waals surface area contributed by atoms with Crippen LogP contribution in [0.1, 0.15) is 17.3 Å². The Morgan fingerprint density at radius 3 is 2.35 bits per heavy atom. The Kier molecular flexibility index (Phi) is 7.58. The van der Waals surface area contributed by atoms with Crippen LogP contribution in [0.2, 0.25) is 5.02 Å². The molecule has 2 fully saturated rings. The van der Waals surface area contributed by atoms with E-state index < -0.39 is 0 Å². The molecule has 3 heterocycles. The molecular weight excluding hydrogens is 490 g/mol. The number of carbonyl (C=O) groups is 2. The second-order valence-corrected chi connectivity index (χ2v) is 10.1. The summed E-state index contributed by atoms with van der Waals surface area (Å²) in [6.07, 6.45) is 1.83. The van der Waals surface area contributed by atoms with Crippen molar-refractivity contribution >= 4 is 40.0 Å². The number of carbonyl (C=O) groups excluding carboxylic acids is 2. The smallest absolute Gasteiger partial charge is 0.256 e. The second kappa shape index (κ2) is 11.0. The number of hydrogen-bond acceptors (Lipinski definition) is 5. The van der Waals surface area contributed by atoms with E-state index in [1.54, 1.807) is 6.07 Å². The molecule has 0 atom stereocenters. The molecule has 9 heteroatoms. The van der Waals surface area contributed by atoms with Crippen LogP contribution >= 0.6 is 11.6 Å². The first-order valence-electron chi connectivity index (χ1n) is 13.0. The summed E-state index contributed by atoms with van der Waals surface area (Å²) in [5.41, 5.74) is 2.48. The topological polar surface area (TPSA) is 61.3 Å². The van der Waals surface area contributed by atoms with Gasteiger partial charge in [-0.05, 0) is 38.2 Å². The summed E-state index contributed by atoms with van der Waals surface area (Å²) in [4.78, 5) is 35.0. The summed E-state index contributed by atoms with van der Waals surface area (Å²) < 4.78 is 7.68. The first-order chi connectivity index (χ1) is 17.9. The molecule has 0 unspecified atom stereocenters. The molecule has 0 aliphatic carbocycles. The number of aromatic nitrogens is 1. The van der Waals surface area contributed by atoms with Crippen LogP contribution in [-0.4, -0.2) is 97.1 Å². The van der Waals surface area contributed by atoms with Gasteiger partial charge in [-0.15, -0.1) is 0 Å². The molecule has 2 aliphatic heterocycles. The van der Waals surface area contributed by atoms with Crippen LogP contribution in [0.25, 0.3) is 10.9 Å². The first-order valence-corrected chi connectivity index (χ1v) is 13.3. The molecule has 196 valence electrons. The van der Waals surface area contributed by atoms with E-state index in [9.17, 15) is 9.59 Å². The quantitative estimate of drug-likeness (QED) is 0.495. The molecule has 0 radical (unpaired) electrons. The summed E-state index contributed by atoms with van der Waals surface area (Å²) >= 11 is 6.31. The maximum absolute atomic E-state index is 13.7. The largest absolute Gasteiger partial charge is 0.492 e. The van der Waals surface area contributed by atoms with E-state index in [-0.39, 0.29) is 18.4 Å². The molecule has 37 heavy (non-hydrogen) atoms. The van der Waals surface area contributed by atoms with Gasteiger partial charge in [0.1, 0.15) is 12.3 Å². The number of fused-ring (bicyclic) bond motifs is 1. The Bertz CT molecular complexity index is 1280. The van der Waals surface area contributed by atoms with Crippen molar-refractivity contribution in [3.05, 3.63) is 59.2 Å². The number of ether oxygens (including phenoxy) is 1. The lowest BCUT2D eigenvalue weighted by molar-refractivity contribution is -0.133. The fraction of sp³-hybridized carbons (Fsp3) is 0.429. The average Bonchev–Trinajstić information content (AvgIpc) is 3.26. The standard InChI is InChI=1S/C28H34ClN5O3/c1-3-37-26-7-5-4-6-24(26)31-14-16-33(17-15-31)28(36)23-19-34(25-18-21(29)8-9-22(23)25)20-27(35)32-12-10-30(2)11-13-32/h4-9,18-19H,3,10-17,20H2,1-2H3. The van der Waals surface area contributed by atoms with Crippen LogP contribution in [0, 0.1) is 0 Å². The maximum atomic E-state index is 13.7. The highest BCUT2D eigenvalue weighted by Crippen LogP contribution is 2.30. The van der Waals surface area contributed by atoms with Crippen LogP contribution in [0.15, 0.2) is 48.7 Å². The van der Waals surface area contributed by atoms with Crippen LogP contribution in [0.5, 0.6) is 5.75 Å². The lowest BCUT2D eigenvalue weighted by Crippen LogP contribution is -2.49. The molecule has 5 rings (SSSR count). The summed E-state index contributed by atoms with van der Waals surface area (Å²) in [5, 5.41) is 1.41. The fourth-order valence-electron chi connectivity index (χ4n) is 5.18. The molecule has 0 bridgehead atoms. The summed E-state index contributed by atoms with van der Waals surface area (Å²) in [6.45, 7) is 8.63. The number of rotatable bonds is 6. The predicted molar refractivity (Wildman–Crippen MR) is 147 cm³/mol. The average molecular weight is 524 g/mol. The molecule has 1 aromatic heterocycles. The van der Waals surface area contributed by atoms with E-state index >= 15 is 0 Å². The van der Waals surface area contributed by atoms with Gasteiger partial charge >= 0.3 is 0 Å². The number of likely N-dealkylation sites (N-methyl/N-ethyl adjacent to an activating group) is 1. The second-order valence-electron chi connectivity index (χ2n) is 9.70. The third-order valence-corrected chi connectivity index (χ3v) is 7.54. The van der Waals surface area contributed by atoms with E-state index in [0.29, 0.717) is 30.3 Å². The van der Waals surface area contributed by atoms with Crippen molar-refractivity contribution in [2.45, 2.75) is 13.5 Å². The molecule has 2 saturated heterocycles. The number of benzene rings is 2. The summed E-state index contributed by atoms with van der Waals surface area (Å²) in [6, 6.07) is 13.6. The van der Waals surface area contributed by atoms with Crippen molar-refractivity contribution in [2.24, 2.45) is 0 Å². The highest BCUT2D eigenvalue weighted by molar-refractivity contribution is 6.31. The number of amides is 2. The van der Waals surface area contributed by atoms with E-state index in [2.05, 4.69) is 22.9 Å². The molecule has 0 N–H and O–H groups in total. The Labute approximate surface area is 222 Å². The Morgan fingerprint density at radius 1 is 0.919 bits per heavy atom. The van der Waals surface area contributed by atoms with Crippen molar-refractivity contribution in [3.63, 3.8) is 0 Å². The lowest BCUT2D eigenvalue weighted by Gasteiger charge is -2.36. The van der Waals surface area contributed by atoms with Crippen LogP contribution in [0.4, 0.5) is 5.69 Å². The Morgan fingerprint density at radius 2 is 1.62 bits per heavy atom. The minimum atomic E-state index is -0.0177. The first kappa shape index (κ1) is 25.4. The van der Waals surface area contributed by atoms with Gasteiger partial charge in [-0.2, -0.15) is 0 Å². The highest BCUT2D eigenvalue weighted by atomic mass is 35.5. The molecule has 3 aromatic rings. The summed E-state index contributed by atoms with van der Waals surface area (Å²) in [7, 11) is 2.07. The zero-order valence-electron chi connectivity index (χ0n) is 21.5. The number of hydrogen-bond donors (Lipinski definition) is 0. The zero-order valence-corrected chi connectivity index (χ0v) is 22.3. The molecular formula is C28H34ClN5O3. The highest BCUT2D eigenvalue weighted by Gasteiger charge is 2.27. The van der Waals surface area contributed by atoms with Gasteiger partial charge < -0.3 is 28.9 Å². The van der Waals surface area contributed by atoms with Gasteiger partial charge in [0, 0.05) is 69.0 Å². The maximum Gasteiger partial charge on any atom is 0.256 e. The van der Waals surface area contributed by atoms with Crippen molar-refractivity contribution in [1.82, 2.24) is 19.3 Å². The molecule has 2 aliphatic rings. The van der Waals surface area contributed by atoms with E-state index in [1.165, 1.54) is 0 Å². The molecule has 2 amide bonds. The fourth-order valence-corrected chi connectivity index (χ4v) is 5.35. The van der Waals surface area contributed by atoms with Crippen molar-refractivity contribution < 1.29 is 14.3 Å². The van der Waals surface area contributed by atoms with Crippen molar-refractivity contribution in [1.29, 1.82) is 0 Å². The van der Waals surface area contributed by atoms with Gasteiger partial charge in [-0.3, -0.25) is 9.59 Å². The minimum Gasteiger partial charge on any atom is -0.492 e. The lowest BCUT2D eigenvalue weighted by atomic mass is 10.1. The minimum absolute atomic E-state index is 0.0177. The normalized spacial score (nSPS) is 16.9. The van der Waals surface area contributed by atoms with Gasteiger partial charge in [0.15, 0.2) is 0 Å². The number of anilines is 1. The Hall–Kier alpha value is -3.23. The van der Waals surface area contributed by atoms with Gasteiger partial charge in [-0.25, -0.2) is 0 Å². The van der Waals surface area contributed by atoms with Crippen molar-refractivity contribution in [2.75, 3.05) is 70.9 Å². The number of para-hydroxylation sites is 2. The third-order valence-electron chi connectivity index (χ3n) is 7.31. The van der Waals surface area contributed by atoms with Gasteiger partial charge in [0.25, 0.3) is 5.91 Å². The van der Waals surface area contributed by atoms with Crippen LogP contribution < -0.4 is 9.64 Å². The predicted octanol–water partition coefficient (Wildman–Crippen LogP) is 3.43. The van der Waals surface area contributed by atoms with Gasteiger partial charge in [0.2, 0.25) is 5.91 Å². The van der Waals surface area contributed by atoms with Gasteiger partial charge in [0.05, 0.1) is 23.4 Å². The van der Waals surface area contributed by atoms with Crippen molar-refractivity contribution in [3.8, 4) is 5.75 Å². The molecule has 0 saturated carbocycles.